The average molecular weight is 434 g/mol. The highest BCUT2D eigenvalue weighted by Crippen LogP contribution is 2.30. The van der Waals surface area contributed by atoms with Gasteiger partial charge in [-0.2, -0.15) is 9.50 Å². The Kier molecular flexibility index (Phi) is 5.37. The van der Waals surface area contributed by atoms with Gasteiger partial charge in [0.25, 0.3) is 22.9 Å². The first-order valence-electron chi connectivity index (χ1n) is 9.52. The Labute approximate surface area is 181 Å². The maximum absolute atomic E-state index is 13.5. The molecule has 0 aliphatic heterocycles. The number of ether oxygens (including phenoxy) is 1. The molecule has 2 heterocycles. The van der Waals surface area contributed by atoms with Gasteiger partial charge in [0.2, 0.25) is 0 Å². The number of aryl methyl sites for hydroxylation is 1. The molecule has 2 aromatic heterocycles. The number of nitro groups is 1. The Bertz CT molecular complexity index is 1390. The molecule has 0 aliphatic carbocycles. The third-order valence-electron chi connectivity index (χ3n) is 4.74. The molecular formula is C21H18N6O5. The molecule has 4 rings (SSSR count). The van der Waals surface area contributed by atoms with Gasteiger partial charge in [0.05, 0.1) is 24.3 Å². The number of nitro benzene ring substituents is 1. The maximum Gasteiger partial charge on any atom is 0.274 e. The number of aromatic nitrogens is 4. The molecule has 162 valence electrons. The third kappa shape index (κ3) is 3.90. The van der Waals surface area contributed by atoms with Gasteiger partial charge >= 0.3 is 0 Å². The fraction of sp³-hybridized carbons (Fsp3) is 0.143. The predicted octanol–water partition coefficient (Wildman–Crippen LogP) is 2.49. The van der Waals surface area contributed by atoms with Gasteiger partial charge in [0.15, 0.2) is 0 Å². The minimum Gasteiger partial charge on any atom is -0.495 e. The van der Waals surface area contributed by atoms with Crippen LogP contribution in [-0.2, 0) is 6.54 Å². The van der Waals surface area contributed by atoms with Crippen molar-refractivity contribution >= 4 is 23.1 Å². The fourth-order valence-electron chi connectivity index (χ4n) is 3.28. The maximum atomic E-state index is 13.5. The number of non-ortho nitro benzene ring substituents is 1. The van der Waals surface area contributed by atoms with E-state index in [4.69, 9.17) is 4.74 Å². The van der Waals surface area contributed by atoms with Crippen molar-refractivity contribution in [1.29, 1.82) is 0 Å². The standard InChI is InChI=1S/C21H18N6O5/c1-13-10-19(28)26-21(22-13)23-18(24-26)12-25(16-8-3-4-9-17(16)32-2)20(29)14-6-5-7-15(11-14)27(30)31/h3-11H,12H2,1-2H3,(H,22,23,24). The molecule has 0 unspecified atom stereocenters. The lowest BCUT2D eigenvalue weighted by Crippen LogP contribution is -2.31. The molecule has 1 amide bonds. The minimum atomic E-state index is -0.566. The van der Waals surface area contributed by atoms with Gasteiger partial charge in [-0.1, -0.05) is 18.2 Å². The van der Waals surface area contributed by atoms with Crippen molar-refractivity contribution in [3.8, 4) is 5.75 Å². The van der Waals surface area contributed by atoms with Gasteiger partial charge in [-0.3, -0.25) is 29.7 Å². The number of methoxy groups -OCH3 is 1. The van der Waals surface area contributed by atoms with Crippen molar-refractivity contribution in [3.63, 3.8) is 0 Å². The smallest absolute Gasteiger partial charge is 0.274 e. The van der Waals surface area contributed by atoms with Crippen molar-refractivity contribution in [2.24, 2.45) is 0 Å². The van der Waals surface area contributed by atoms with Crippen LogP contribution in [0.3, 0.4) is 0 Å². The first-order valence-corrected chi connectivity index (χ1v) is 9.52. The van der Waals surface area contributed by atoms with Gasteiger partial charge in [-0.25, -0.2) is 4.98 Å². The number of nitrogens with zero attached hydrogens (tertiary/aromatic N) is 5. The van der Waals surface area contributed by atoms with E-state index in [0.29, 0.717) is 23.0 Å². The van der Waals surface area contributed by atoms with Crippen molar-refractivity contribution in [2.45, 2.75) is 13.5 Å². The highest BCUT2D eigenvalue weighted by Gasteiger charge is 2.24. The molecular weight excluding hydrogens is 416 g/mol. The summed E-state index contributed by atoms with van der Waals surface area (Å²) >= 11 is 0. The molecule has 4 aromatic rings. The summed E-state index contributed by atoms with van der Waals surface area (Å²) in [5.41, 5.74) is 0.531. The van der Waals surface area contributed by atoms with Crippen molar-refractivity contribution in [1.82, 2.24) is 19.6 Å². The van der Waals surface area contributed by atoms with Crippen LogP contribution in [0.4, 0.5) is 11.4 Å². The Morgan fingerprint density at radius 3 is 2.72 bits per heavy atom. The van der Waals surface area contributed by atoms with Crippen LogP contribution < -0.4 is 15.2 Å². The highest BCUT2D eigenvalue weighted by molar-refractivity contribution is 6.07. The SMILES string of the molecule is COc1ccccc1N(Cc1nc2nc(C)cc(=O)n2[nH]1)C(=O)c1cccc([N+](=O)[O-])c1. The van der Waals surface area contributed by atoms with Gasteiger partial charge in [0.1, 0.15) is 11.6 Å². The van der Waals surface area contributed by atoms with Gasteiger partial charge in [-0.15, -0.1) is 0 Å². The number of rotatable bonds is 6. The van der Waals surface area contributed by atoms with E-state index in [9.17, 15) is 19.7 Å². The van der Waals surface area contributed by atoms with E-state index in [1.54, 1.807) is 31.2 Å². The lowest BCUT2D eigenvalue weighted by Gasteiger charge is -2.23. The summed E-state index contributed by atoms with van der Waals surface area (Å²) in [6.45, 7) is 1.62. The number of anilines is 1. The fourth-order valence-corrected chi connectivity index (χ4v) is 3.28. The zero-order valence-corrected chi connectivity index (χ0v) is 17.2. The third-order valence-corrected chi connectivity index (χ3v) is 4.74. The number of nitrogens with one attached hydrogen (secondary N) is 1. The molecule has 0 atom stereocenters. The van der Waals surface area contributed by atoms with Crippen LogP contribution in [0.25, 0.3) is 5.78 Å². The lowest BCUT2D eigenvalue weighted by atomic mass is 10.1. The zero-order chi connectivity index (χ0) is 22.8. The molecule has 0 saturated carbocycles. The summed E-state index contributed by atoms with van der Waals surface area (Å²) in [6, 6.07) is 13.7. The molecule has 11 heteroatoms. The largest absolute Gasteiger partial charge is 0.495 e. The summed E-state index contributed by atoms with van der Waals surface area (Å²) < 4.78 is 6.59. The minimum absolute atomic E-state index is 0.0657. The number of carbonyl (C=O) groups is 1. The number of H-pyrrole nitrogens is 1. The predicted molar refractivity (Wildman–Crippen MR) is 115 cm³/mol. The van der Waals surface area contributed by atoms with Gasteiger partial charge < -0.3 is 4.74 Å². The summed E-state index contributed by atoms with van der Waals surface area (Å²) in [6.07, 6.45) is 0. The second kappa shape index (κ2) is 8.30. The molecule has 0 bridgehead atoms. The molecule has 0 radical (unpaired) electrons. The molecule has 1 N–H and O–H groups in total. The summed E-state index contributed by atoms with van der Waals surface area (Å²) in [5, 5.41) is 14.0. The molecule has 32 heavy (non-hydrogen) atoms. The summed E-state index contributed by atoms with van der Waals surface area (Å²) in [4.78, 5) is 46.2. The molecule has 0 saturated heterocycles. The number of benzene rings is 2. The molecule has 11 nitrogen and oxygen atoms in total. The Morgan fingerprint density at radius 2 is 1.97 bits per heavy atom. The first-order chi connectivity index (χ1) is 15.4. The second-order valence-corrected chi connectivity index (χ2v) is 6.91. The van der Waals surface area contributed by atoms with Crippen LogP contribution in [0.1, 0.15) is 21.9 Å². The number of hydrogen-bond donors (Lipinski definition) is 1. The summed E-state index contributed by atoms with van der Waals surface area (Å²) in [7, 11) is 1.47. The van der Waals surface area contributed by atoms with E-state index in [1.165, 1.54) is 46.9 Å². The molecule has 0 spiro atoms. The number of carbonyl (C=O) groups excluding carboxylic acids is 1. The van der Waals surface area contributed by atoms with Crippen LogP contribution >= 0.6 is 0 Å². The van der Waals surface area contributed by atoms with Crippen LogP contribution in [0.15, 0.2) is 59.4 Å². The van der Waals surface area contributed by atoms with Gasteiger partial charge in [-0.05, 0) is 25.1 Å². The topological polar surface area (TPSA) is 136 Å². The number of fused-ring (bicyclic) bond motifs is 1. The van der Waals surface area contributed by atoms with Crippen molar-refractivity contribution in [3.05, 3.63) is 92.1 Å². The van der Waals surface area contributed by atoms with E-state index >= 15 is 0 Å². The van der Waals surface area contributed by atoms with Crippen molar-refractivity contribution < 1.29 is 14.5 Å². The quantitative estimate of drug-likeness (QED) is 0.364. The molecule has 0 aliphatic rings. The van der Waals surface area contributed by atoms with Crippen LogP contribution in [0.5, 0.6) is 5.75 Å². The second-order valence-electron chi connectivity index (χ2n) is 6.91. The lowest BCUT2D eigenvalue weighted by molar-refractivity contribution is -0.384. The zero-order valence-electron chi connectivity index (χ0n) is 17.2. The highest BCUT2D eigenvalue weighted by atomic mass is 16.6. The van der Waals surface area contributed by atoms with Gasteiger partial charge in [0, 0.05) is 29.5 Å². The van der Waals surface area contributed by atoms with Crippen LogP contribution in [0, 0.1) is 17.0 Å². The normalized spacial score (nSPS) is 10.8. The van der Waals surface area contributed by atoms with E-state index < -0.39 is 10.8 Å². The number of para-hydroxylation sites is 2. The monoisotopic (exact) mass is 434 g/mol. The average Bonchev–Trinajstić information content (AvgIpc) is 3.20. The molecule has 2 aromatic carbocycles. The van der Waals surface area contributed by atoms with E-state index in [1.807, 2.05) is 0 Å². The molecule has 0 fully saturated rings. The number of amides is 1. The number of aromatic amines is 1. The van der Waals surface area contributed by atoms with Crippen LogP contribution in [-0.4, -0.2) is 37.5 Å². The Morgan fingerprint density at radius 1 is 1.19 bits per heavy atom. The van der Waals surface area contributed by atoms with Crippen LogP contribution in [0.2, 0.25) is 0 Å². The summed E-state index contributed by atoms with van der Waals surface area (Å²) in [5.74, 6) is 0.390. The Hall–Kier alpha value is -4.54. The first kappa shape index (κ1) is 20.7. The Balaban J connectivity index is 1.80. The van der Waals surface area contributed by atoms with E-state index in [-0.39, 0.29) is 29.1 Å². The van der Waals surface area contributed by atoms with E-state index in [2.05, 4.69) is 15.1 Å². The number of hydrogen-bond acceptors (Lipinski definition) is 7. The van der Waals surface area contributed by atoms with Crippen molar-refractivity contribution in [2.75, 3.05) is 12.0 Å². The van der Waals surface area contributed by atoms with E-state index in [0.717, 1.165) is 0 Å².